The summed E-state index contributed by atoms with van der Waals surface area (Å²) in [5.74, 6) is -0.792. The van der Waals surface area contributed by atoms with Crippen molar-refractivity contribution in [2.24, 2.45) is 0 Å². The van der Waals surface area contributed by atoms with E-state index in [4.69, 9.17) is 5.11 Å². The summed E-state index contributed by atoms with van der Waals surface area (Å²) >= 11 is 3.55. The van der Waals surface area contributed by atoms with Crippen molar-refractivity contribution < 1.29 is 9.90 Å². The van der Waals surface area contributed by atoms with Gasteiger partial charge >= 0.3 is 5.97 Å². The van der Waals surface area contributed by atoms with Crippen LogP contribution in [0.15, 0.2) is 28.7 Å². The topological polar surface area (TPSA) is 52.6 Å². The number of aliphatic carboxylic acids is 1. The van der Waals surface area contributed by atoms with Gasteiger partial charge in [-0.2, -0.15) is 0 Å². The third-order valence-corrected chi connectivity index (χ3v) is 3.94. The third-order valence-electron chi connectivity index (χ3n) is 3.17. The van der Waals surface area contributed by atoms with Crippen LogP contribution in [-0.4, -0.2) is 41.7 Å². The Labute approximate surface area is 115 Å². The summed E-state index contributed by atoms with van der Waals surface area (Å²) in [5.41, 5.74) is 1.27. The summed E-state index contributed by atoms with van der Waals surface area (Å²) in [6, 6.07) is 8.50. The van der Waals surface area contributed by atoms with E-state index in [0.717, 1.165) is 30.5 Å². The second kappa shape index (κ2) is 6.31. The lowest BCUT2D eigenvalue weighted by Gasteiger charge is -2.17. The van der Waals surface area contributed by atoms with Crippen molar-refractivity contribution in [2.45, 2.75) is 19.0 Å². The van der Waals surface area contributed by atoms with Crippen LogP contribution in [0.5, 0.6) is 0 Å². The number of carbonyl (C=O) groups is 1. The van der Waals surface area contributed by atoms with Crippen molar-refractivity contribution in [3.05, 3.63) is 34.3 Å². The van der Waals surface area contributed by atoms with Crippen LogP contribution < -0.4 is 5.32 Å². The summed E-state index contributed by atoms with van der Waals surface area (Å²) < 4.78 is 1.13. The second-order valence-electron chi connectivity index (χ2n) is 4.59. The van der Waals surface area contributed by atoms with Crippen LogP contribution in [0.3, 0.4) is 0 Å². The molecule has 4 nitrogen and oxygen atoms in total. The maximum atomic E-state index is 10.5. The molecule has 1 unspecified atom stereocenters. The van der Waals surface area contributed by atoms with Crippen LogP contribution in [0.2, 0.25) is 0 Å². The number of carboxylic acid groups (broad SMARTS) is 1. The Bertz CT molecular complexity index is 425. The van der Waals surface area contributed by atoms with Gasteiger partial charge in [0.15, 0.2) is 0 Å². The smallest absolute Gasteiger partial charge is 0.317 e. The van der Waals surface area contributed by atoms with Gasteiger partial charge < -0.3 is 10.4 Å². The zero-order valence-corrected chi connectivity index (χ0v) is 11.7. The molecule has 1 aromatic carbocycles. The van der Waals surface area contributed by atoms with Gasteiger partial charge in [0.05, 0.1) is 6.54 Å². The molecule has 0 radical (unpaired) electrons. The molecule has 2 N–H and O–H groups in total. The van der Waals surface area contributed by atoms with E-state index in [2.05, 4.69) is 32.2 Å². The quantitative estimate of drug-likeness (QED) is 0.869. The first-order valence-corrected chi connectivity index (χ1v) is 6.85. The number of halogens is 1. The van der Waals surface area contributed by atoms with Crippen LogP contribution in [-0.2, 0) is 11.3 Å². The van der Waals surface area contributed by atoms with E-state index in [9.17, 15) is 4.79 Å². The third kappa shape index (κ3) is 3.80. The van der Waals surface area contributed by atoms with Crippen LogP contribution in [0.1, 0.15) is 12.0 Å². The van der Waals surface area contributed by atoms with E-state index >= 15 is 0 Å². The van der Waals surface area contributed by atoms with E-state index in [1.165, 1.54) is 5.56 Å². The molecule has 1 aliphatic rings. The van der Waals surface area contributed by atoms with Gasteiger partial charge in [-0.05, 0) is 18.1 Å². The Hall–Kier alpha value is -0.910. The van der Waals surface area contributed by atoms with E-state index in [0.29, 0.717) is 6.04 Å². The van der Waals surface area contributed by atoms with E-state index in [1.807, 2.05) is 18.2 Å². The fourth-order valence-corrected chi connectivity index (χ4v) is 2.65. The summed E-state index contributed by atoms with van der Waals surface area (Å²) in [6.45, 7) is 2.88. The molecule has 1 heterocycles. The Morgan fingerprint density at radius 1 is 1.50 bits per heavy atom. The minimum absolute atomic E-state index is 0.0491. The number of likely N-dealkylation sites (tertiary alicyclic amines) is 1. The molecule has 0 aliphatic carbocycles. The minimum atomic E-state index is -0.792. The van der Waals surface area contributed by atoms with Gasteiger partial charge in [-0.15, -0.1) is 0 Å². The van der Waals surface area contributed by atoms with Crippen molar-refractivity contribution >= 4 is 21.9 Å². The number of rotatable bonds is 5. The van der Waals surface area contributed by atoms with Crippen molar-refractivity contribution in [3.8, 4) is 0 Å². The highest BCUT2D eigenvalue weighted by atomic mass is 79.9. The van der Waals surface area contributed by atoms with Gasteiger partial charge in [-0.25, -0.2) is 0 Å². The fraction of sp³-hybridized carbons (Fsp3) is 0.462. The average Bonchev–Trinajstić information content (AvgIpc) is 2.77. The molecule has 18 heavy (non-hydrogen) atoms. The molecular formula is C13H17BrN2O2. The molecule has 1 fully saturated rings. The van der Waals surface area contributed by atoms with Gasteiger partial charge in [0.2, 0.25) is 0 Å². The summed E-state index contributed by atoms with van der Waals surface area (Å²) in [4.78, 5) is 12.8. The highest BCUT2D eigenvalue weighted by Crippen LogP contribution is 2.20. The molecule has 0 amide bonds. The van der Waals surface area contributed by atoms with Crippen LogP contribution in [0.25, 0.3) is 0 Å². The lowest BCUT2D eigenvalue weighted by Crippen LogP contribution is -2.35. The van der Waals surface area contributed by atoms with E-state index < -0.39 is 5.97 Å². The standard InChI is InChI=1S/C13H17BrN2O2/c14-12-4-2-1-3-10(12)8-16-6-5-11(9-16)15-7-13(17)18/h1-4,11,15H,5-9H2,(H,17,18). The SMILES string of the molecule is O=C(O)CNC1CCN(Cc2ccccc2Br)C1. The molecule has 0 spiro atoms. The van der Waals surface area contributed by atoms with Gasteiger partial charge in [-0.1, -0.05) is 34.1 Å². The number of nitrogens with one attached hydrogen (secondary N) is 1. The highest BCUT2D eigenvalue weighted by Gasteiger charge is 2.22. The van der Waals surface area contributed by atoms with Crippen molar-refractivity contribution in [2.75, 3.05) is 19.6 Å². The van der Waals surface area contributed by atoms with E-state index in [-0.39, 0.29) is 6.54 Å². The van der Waals surface area contributed by atoms with E-state index in [1.54, 1.807) is 0 Å². The maximum absolute atomic E-state index is 10.5. The predicted octanol–water partition coefficient (Wildman–Crippen LogP) is 1.70. The Kier molecular flexibility index (Phi) is 4.74. The number of hydrogen-bond acceptors (Lipinski definition) is 3. The summed E-state index contributed by atoms with van der Waals surface area (Å²) in [7, 11) is 0. The summed E-state index contributed by atoms with van der Waals surface area (Å²) in [5, 5.41) is 11.7. The molecular weight excluding hydrogens is 296 g/mol. The molecule has 1 atom stereocenters. The molecule has 0 bridgehead atoms. The highest BCUT2D eigenvalue weighted by molar-refractivity contribution is 9.10. The first-order chi connectivity index (χ1) is 8.65. The number of carboxylic acids is 1. The van der Waals surface area contributed by atoms with Gasteiger partial charge in [-0.3, -0.25) is 9.69 Å². The lowest BCUT2D eigenvalue weighted by molar-refractivity contribution is -0.136. The normalized spacial score (nSPS) is 20.2. The van der Waals surface area contributed by atoms with Crippen LogP contribution in [0, 0.1) is 0 Å². The molecule has 0 saturated carbocycles. The molecule has 1 aromatic rings. The fourth-order valence-electron chi connectivity index (χ4n) is 2.24. The number of hydrogen-bond donors (Lipinski definition) is 2. The Morgan fingerprint density at radius 2 is 2.28 bits per heavy atom. The molecule has 98 valence electrons. The molecule has 0 aromatic heterocycles. The molecule has 5 heteroatoms. The monoisotopic (exact) mass is 312 g/mol. The summed E-state index contributed by atoms with van der Waals surface area (Å²) in [6.07, 6.45) is 1.01. The second-order valence-corrected chi connectivity index (χ2v) is 5.44. The van der Waals surface area contributed by atoms with Crippen molar-refractivity contribution in [3.63, 3.8) is 0 Å². The molecule has 1 saturated heterocycles. The van der Waals surface area contributed by atoms with Crippen LogP contribution >= 0.6 is 15.9 Å². The lowest BCUT2D eigenvalue weighted by atomic mass is 10.2. The Morgan fingerprint density at radius 3 is 3.00 bits per heavy atom. The van der Waals surface area contributed by atoms with Crippen LogP contribution in [0.4, 0.5) is 0 Å². The number of nitrogens with zero attached hydrogens (tertiary/aromatic N) is 1. The zero-order chi connectivity index (χ0) is 13.0. The molecule has 1 aliphatic heterocycles. The first-order valence-electron chi connectivity index (χ1n) is 6.06. The van der Waals surface area contributed by atoms with Gasteiger partial charge in [0, 0.05) is 30.1 Å². The van der Waals surface area contributed by atoms with Gasteiger partial charge in [0.1, 0.15) is 0 Å². The first kappa shape index (κ1) is 13.5. The number of benzene rings is 1. The maximum Gasteiger partial charge on any atom is 0.317 e. The Balaban J connectivity index is 1.83. The zero-order valence-electron chi connectivity index (χ0n) is 10.1. The van der Waals surface area contributed by atoms with Gasteiger partial charge in [0.25, 0.3) is 0 Å². The van der Waals surface area contributed by atoms with Crippen molar-refractivity contribution in [1.82, 2.24) is 10.2 Å². The minimum Gasteiger partial charge on any atom is -0.480 e. The predicted molar refractivity (Wildman–Crippen MR) is 73.5 cm³/mol. The van der Waals surface area contributed by atoms with Crippen molar-refractivity contribution in [1.29, 1.82) is 0 Å². The molecule has 2 rings (SSSR count). The average molecular weight is 313 g/mol. The largest absolute Gasteiger partial charge is 0.480 e.